The van der Waals surface area contributed by atoms with Crippen LogP contribution in [0.2, 0.25) is 0 Å². The van der Waals surface area contributed by atoms with Crippen molar-refractivity contribution < 1.29 is 4.79 Å². The first-order valence-corrected chi connectivity index (χ1v) is 13.0. The minimum atomic E-state index is -0.476. The van der Waals surface area contributed by atoms with E-state index in [4.69, 9.17) is 36.7 Å². The Morgan fingerprint density at radius 1 is 0.778 bits per heavy atom. The normalized spacial score (nSPS) is 15.1. The molecule has 1 amide bonds. The summed E-state index contributed by atoms with van der Waals surface area (Å²) in [5.74, 6) is -0.0716. The number of benzene rings is 3. The second-order valence-corrected chi connectivity index (χ2v) is 9.38. The molecule has 0 aromatic heterocycles. The molecule has 0 radical (unpaired) electrons. The Hall–Kier alpha value is -3.40. The minimum absolute atomic E-state index is 0.0716. The third kappa shape index (κ3) is 6.42. The fourth-order valence-corrected chi connectivity index (χ4v) is 4.98. The second kappa shape index (κ2) is 12.5. The highest BCUT2D eigenvalue weighted by molar-refractivity contribution is 7.82. The predicted octanol–water partition coefficient (Wildman–Crippen LogP) is 5.54. The van der Waals surface area contributed by atoms with Gasteiger partial charge in [0.25, 0.3) is 5.91 Å². The van der Waals surface area contributed by atoms with Crippen molar-refractivity contribution in [3.05, 3.63) is 91.0 Å². The highest BCUT2D eigenvalue weighted by Gasteiger charge is 2.44. The molecule has 1 atom stereocenters. The first kappa shape index (κ1) is 25.7. The fraction of sp³-hybridized carbons (Fsp3) is 0.185. The maximum Gasteiger partial charge on any atom is 0.256 e. The summed E-state index contributed by atoms with van der Waals surface area (Å²) >= 11 is 16.8. The van der Waals surface area contributed by atoms with Crippen LogP contribution in [0.25, 0.3) is 0 Å². The van der Waals surface area contributed by atoms with Crippen LogP contribution >= 0.6 is 36.7 Å². The molecule has 3 aromatic rings. The van der Waals surface area contributed by atoms with E-state index in [1.54, 1.807) is 9.80 Å². The van der Waals surface area contributed by atoms with Crippen LogP contribution in [-0.4, -0.2) is 38.7 Å². The number of amides is 1. The number of para-hydroxylation sites is 3. The lowest BCUT2D eigenvalue weighted by Crippen LogP contribution is -2.43. The van der Waals surface area contributed by atoms with E-state index >= 15 is 0 Å². The highest BCUT2D eigenvalue weighted by Crippen LogP contribution is 2.28. The monoisotopic (exact) mass is 533 g/mol. The van der Waals surface area contributed by atoms with Crippen LogP contribution in [-0.2, 0) is 4.79 Å². The smallest absolute Gasteiger partial charge is 0.256 e. The molecule has 36 heavy (non-hydrogen) atoms. The second-order valence-electron chi connectivity index (χ2n) is 8.22. The van der Waals surface area contributed by atoms with E-state index in [0.29, 0.717) is 28.3 Å². The van der Waals surface area contributed by atoms with Crippen molar-refractivity contribution in [3.8, 4) is 0 Å². The number of nitrogens with one attached hydrogen (secondary N) is 3. The van der Waals surface area contributed by atoms with Gasteiger partial charge in [0, 0.05) is 17.9 Å². The molecule has 9 heteroatoms. The number of rotatable bonds is 8. The zero-order valence-corrected chi connectivity index (χ0v) is 22.0. The first-order chi connectivity index (χ1) is 17.5. The Morgan fingerprint density at radius 2 is 1.33 bits per heavy atom. The number of nitrogens with zero attached hydrogens (tertiary/aromatic N) is 2. The molecule has 1 heterocycles. The summed E-state index contributed by atoms with van der Waals surface area (Å²) < 4.78 is 0. The number of anilines is 3. The molecule has 1 saturated heterocycles. The van der Waals surface area contributed by atoms with Crippen molar-refractivity contribution in [3.63, 3.8) is 0 Å². The minimum Gasteiger partial charge on any atom is -0.362 e. The Labute approximate surface area is 227 Å². The molecule has 0 bridgehead atoms. The molecule has 1 aliphatic heterocycles. The van der Waals surface area contributed by atoms with Gasteiger partial charge in [-0.3, -0.25) is 14.6 Å². The van der Waals surface area contributed by atoms with Crippen molar-refractivity contribution in [2.45, 2.75) is 25.3 Å². The van der Waals surface area contributed by atoms with E-state index in [1.807, 2.05) is 91.0 Å². The van der Waals surface area contributed by atoms with Crippen LogP contribution < -0.4 is 20.9 Å². The van der Waals surface area contributed by atoms with Crippen LogP contribution in [0.4, 0.5) is 17.1 Å². The van der Waals surface area contributed by atoms with Crippen LogP contribution in [0, 0.1) is 0 Å². The largest absolute Gasteiger partial charge is 0.362 e. The van der Waals surface area contributed by atoms with Gasteiger partial charge < -0.3 is 16.0 Å². The molecule has 3 N–H and O–H groups in total. The molecular formula is C27H27N5OS3. The van der Waals surface area contributed by atoms with E-state index in [-0.39, 0.29) is 5.91 Å². The van der Waals surface area contributed by atoms with Crippen molar-refractivity contribution in [2.75, 3.05) is 22.1 Å². The van der Waals surface area contributed by atoms with Gasteiger partial charge in [-0.15, -0.1) is 0 Å². The summed E-state index contributed by atoms with van der Waals surface area (Å²) in [5.41, 5.74) is 2.52. The molecule has 184 valence electrons. The quantitative estimate of drug-likeness (QED) is 0.258. The van der Waals surface area contributed by atoms with E-state index in [1.165, 1.54) is 0 Å². The zero-order chi connectivity index (χ0) is 25.3. The summed E-state index contributed by atoms with van der Waals surface area (Å²) in [6.45, 7) is 0.694. The van der Waals surface area contributed by atoms with Crippen molar-refractivity contribution in [1.29, 1.82) is 0 Å². The third-order valence-electron chi connectivity index (χ3n) is 5.69. The average molecular weight is 534 g/mol. The summed E-state index contributed by atoms with van der Waals surface area (Å²) in [4.78, 5) is 16.9. The molecule has 4 rings (SSSR count). The van der Waals surface area contributed by atoms with Gasteiger partial charge in [-0.25, -0.2) is 0 Å². The Kier molecular flexibility index (Phi) is 8.94. The lowest BCUT2D eigenvalue weighted by molar-refractivity contribution is -0.119. The molecule has 0 aliphatic carbocycles. The predicted molar refractivity (Wildman–Crippen MR) is 159 cm³/mol. The maximum atomic E-state index is 13.5. The molecule has 0 spiro atoms. The molecule has 6 nitrogen and oxygen atoms in total. The number of thiocarbonyl (C=S) groups is 3. The zero-order valence-electron chi connectivity index (χ0n) is 19.6. The molecule has 1 unspecified atom stereocenters. The van der Waals surface area contributed by atoms with Gasteiger partial charge in [0.05, 0.1) is 5.69 Å². The van der Waals surface area contributed by atoms with Crippen molar-refractivity contribution in [1.82, 2.24) is 10.2 Å². The summed E-state index contributed by atoms with van der Waals surface area (Å²) in [7, 11) is 0. The van der Waals surface area contributed by atoms with E-state index < -0.39 is 6.04 Å². The van der Waals surface area contributed by atoms with Crippen LogP contribution in [0.15, 0.2) is 91.0 Å². The van der Waals surface area contributed by atoms with Gasteiger partial charge in [0.1, 0.15) is 6.04 Å². The van der Waals surface area contributed by atoms with Gasteiger partial charge in [-0.05, 0) is 92.3 Å². The number of hydrogen-bond donors (Lipinski definition) is 3. The van der Waals surface area contributed by atoms with Gasteiger partial charge in [0.2, 0.25) is 0 Å². The van der Waals surface area contributed by atoms with Gasteiger partial charge in [-0.2, -0.15) is 0 Å². The summed E-state index contributed by atoms with van der Waals surface area (Å²) in [6.07, 6.45) is 2.25. The van der Waals surface area contributed by atoms with E-state index in [2.05, 4.69) is 16.0 Å². The van der Waals surface area contributed by atoms with Crippen molar-refractivity contribution in [2.24, 2.45) is 0 Å². The Morgan fingerprint density at radius 3 is 1.94 bits per heavy atom. The topological polar surface area (TPSA) is 59.6 Å². The van der Waals surface area contributed by atoms with Crippen molar-refractivity contribution >= 4 is 75.0 Å². The summed E-state index contributed by atoms with van der Waals surface area (Å²) in [5, 5.41) is 11.0. The fourth-order valence-electron chi connectivity index (χ4n) is 3.96. The highest BCUT2D eigenvalue weighted by atomic mass is 32.1. The third-order valence-corrected chi connectivity index (χ3v) is 6.62. The van der Waals surface area contributed by atoms with E-state index in [9.17, 15) is 4.79 Å². The number of hydrogen-bond acceptors (Lipinski definition) is 4. The Bertz CT molecular complexity index is 1210. The standard InChI is InChI=1S/C27H27N5OS3/c33-24-23(18-10-11-19-28-25(34)29-20-12-4-1-5-13-20)32(26(35)30-21-14-6-2-7-15-21)27(36)31(24)22-16-8-3-9-17-22/h1-9,12-17,23H,10-11,18-19H2,(H,30,35)(H2,28,29,34). The first-order valence-electron chi connectivity index (χ1n) is 11.7. The van der Waals surface area contributed by atoms with Gasteiger partial charge in [0.15, 0.2) is 15.3 Å². The average Bonchev–Trinajstić information content (AvgIpc) is 3.14. The van der Waals surface area contributed by atoms with Crippen LogP contribution in [0.1, 0.15) is 19.3 Å². The molecular weight excluding hydrogens is 507 g/mol. The molecule has 0 saturated carbocycles. The molecule has 1 aliphatic rings. The number of unbranched alkanes of at least 4 members (excludes halogenated alkanes) is 1. The Balaban J connectivity index is 1.38. The van der Waals surface area contributed by atoms with Crippen LogP contribution in [0.5, 0.6) is 0 Å². The van der Waals surface area contributed by atoms with E-state index in [0.717, 1.165) is 29.9 Å². The lowest BCUT2D eigenvalue weighted by atomic mass is 10.1. The van der Waals surface area contributed by atoms with Gasteiger partial charge >= 0.3 is 0 Å². The van der Waals surface area contributed by atoms with Gasteiger partial charge in [-0.1, -0.05) is 54.6 Å². The molecule has 3 aromatic carbocycles. The summed E-state index contributed by atoms with van der Waals surface area (Å²) in [6, 6.07) is 28.4. The number of carbonyl (C=O) groups excluding carboxylic acids is 1. The number of carbonyl (C=O) groups is 1. The van der Waals surface area contributed by atoms with Crippen LogP contribution in [0.3, 0.4) is 0 Å². The lowest BCUT2D eigenvalue weighted by Gasteiger charge is -2.25. The molecule has 1 fully saturated rings. The maximum absolute atomic E-state index is 13.5. The SMILES string of the molecule is O=C1C(CCCCNC(=S)Nc2ccccc2)N(C(=S)Nc2ccccc2)C(=S)N1c1ccccc1.